The van der Waals surface area contributed by atoms with Crippen molar-refractivity contribution >= 4 is 0 Å². The maximum absolute atomic E-state index is 3.98. The summed E-state index contributed by atoms with van der Waals surface area (Å²) in [6.07, 6.45) is 7.59. The van der Waals surface area contributed by atoms with Crippen LogP contribution in [0.2, 0.25) is 0 Å². The number of hydrogen-bond donors (Lipinski definition) is 1. The van der Waals surface area contributed by atoms with E-state index in [0.717, 1.165) is 36.3 Å². The molecule has 4 bridgehead atoms. The molecule has 0 spiro atoms. The molecule has 21 heavy (non-hydrogen) atoms. The molecule has 1 nitrogen and oxygen atoms in total. The Morgan fingerprint density at radius 2 is 1.38 bits per heavy atom. The first-order chi connectivity index (χ1) is 10.1. The van der Waals surface area contributed by atoms with Gasteiger partial charge < -0.3 is 5.32 Å². The molecular formula is C20H29N. The van der Waals surface area contributed by atoms with Crippen LogP contribution in [0.25, 0.3) is 0 Å². The van der Waals surface area contributed by atoms with Crippen LogP contribution >= 0.6 is 0 Å². The van der Waals surface area contributed by atoms with Crippen molar-refractivity contribution in [2.75, 3.05) is 0 Å². The van der Waals surface area contributed by atoms with Crippen molar-refractivity contribution in [2.45, 2.75) is 65.5 Å². The fraction of sp³-hybridized carbons (Fsp3) is 0.700. The maximum Gasteiger partial charge on any atom is 0.0213 e. The molecule has 0 aromatic heterocycles. The highest BCUT2D eigenvalue weighted by Crippen LogP contribution is 2.53. The fourth-order valence-corrected chi connectivity index (χ4v) is 5.97. The average molecular weight is 283 g/mol. The summed E-state index contributed by atoms with van der Waals surface area (Å²) >= 11 is 0. The molecule has 0 aliphatic heterocycles. The molecule has 1 N–H and O–H groups in total. The van der Waals surface area contributed by atoms with Gasteiger partial charge in [-0.05, 0) is 93.2 Å². The van der Waals surface area contributed by atoms with Crippen molar-refractivity contribution in [3.05, 3.63) is 34.4 Å². The smallest absolute Gasteiger partial charge is 0.0213 e. The zero-order valence-electron chi connectivity index (χ0n) is 13.8. The van der Waals surface area contributed by atoms with E-state index in [1.807, 2.05) is 0 Å². The van der Waals surface area contributed by atoms with Gasteiger partial charge in [-0.3, -0.25) is 0 Å². The molecule has 1 aromatic rings. The second-order valence-corrected chi connectivity index (χ2v) is 8.21. The minimum absolute atomic E-state index is 0.804. The summed E-state index contributed by atoms with van der Waals surface area (Å²) in [4.78, 5) is 0. The summed E-state index contributed by atoms with van der Waals surface area (Å²) in [5.74, 6) is 4.11. The molecule has 0 radical (unpaired) electrons. The molecule has 114 valence electrons. The highest BCUT2D eigenvalue weighted by atomic mass is 14.9. The molecule has 0 atom stereocenters. The van der Waals surface area contributed by atoms with Gasteiger partial charge in [-0.15, -0.1) is 0 Å². The van der Waals surface area contributed by atoms with E-state index in [1.54, 1.807) is 6.42 Å². The molecule has 4 fully saturated rings. The average Bonchev–Trinajstić information content (AvgIpc) is 2.39. The summed E-state index contributed by atoms with van der Waals surface area (Å²) in [6, 6.07) is 5.47. The topological polar surface area (TPSA) is 12.0 Å². The zero-order valence-corrected chi connectivity index (χ0v) is 13.8. The van der Waals surface area contributed by atoms with Crippen molar-refractivity contribution in [2.24, 2.45) is 23.7 Å². The van der Waals surface area contributed by atoms with Crippen LogP contribution in [0.4, 0.5) is 0 Å². The van der Waals surface area contributed by atoms with Gasteiger partial charge >= 0.3 is 0 Å². The van der Waals surface area contributed by atoms with E-state index in [-0.39, 0.29) is 0 Å². The maximum atomic E-state index is 3.98. The molecule has 4 aliphatic carbocycles. The third-order valence-electron chi connectivity index (χ3n) is 6.58. The number of nitrogens with one attached hydrogen (secondary N) is 1. The Balaban J connectivity index is 1.48. The van der Waals surface area contributed by atoms with Crippen LogP contribution in [-0.2, 0) is 6.54 Å². The van der Waals surface area contributed by atoms with Crippen LogP contribution in [0.3, 0.4) is 0 Å². The third kappa shape index (κ3) is 2.44. The Bertz CT molecular complexity index is 494. The molecule has 4 saturated carbocycles. The first-order valence-corrected chi connectivity index (χ1v) is 8.90. The first kappa shape index (κ1) is 13.8. The Kier molecular flexibility index (Phi) is 3.37. The van der Waals surface area contributed by atoms with E-state index in [4.69, 9.17) is 0 Å². The van der Waals surface area contributed by atoms with Crippen molar-refractivity contribution in [3.8, 4) is 0 Å². The number of hydrogen-bond acceptors (Lipinski definition) is 1. The largest absolute Gasteiger partial charge is 0.309 e. The van der Waals surface area contributed by atoms with E-state index in [2.05, 4.69) is 38.2 Å². The van der Waals surface area contributed by atoms with E-state index in [9.17, 15) is 0 Å². The van der Waals surface area contributed by atoms with Crippen LogP contribution in [0.15, 0.2) is 12.1 Å². The van der Waals surface area contributed by atoms with Crippen LogP contribution in [0.1, 0.15) is 54.4 Å². The minimum Gasteiger partial charge on any atom is -0.309 e. The van der Waals surface area contributed by atoms with Crippen molar-refractivity contribution in [1.82, 2.24) is 5.32 Å². The second-order valence-electron chi connectivity index (χ2n) is 8.21. The molecule has 1 aromatic carbocycles. The second kappa shape index (κ2) is 5.12. The predicted octanol–water partition coefficient (Wildman–Crippen LogP) is 4.53. The fourth-order valence-electron chi connectivity index (χ4n) is 5.97. The van der Waals surface area contributed by atoms with Crippen molar-refractivity contribution in [1.29, 1.82) is 0 Å². The Morgan fingerprint density at radius 3 is 1.90 bits per heavy atom. The monoisotopic (exact) mass is 283 g/mol. The molecule has 0 saturated heterocycles. The van der Waals surface area contributed by atoms with Crippen LogP contribution in [0, 0.1) is 44.4 Å². The predicted molar refractivity (Wildman–Crippen MR) is 88.3 cm³/mol. The SMILES string of the molecule is Cc1cc(C)c(CNC2C3CC4CC(C3)CC2C4)c(C)c1. The third-order valence-corrected chi connectivity index (χ3v) is 6.58. The summed E-state index contributed by atoms with van der Waals surface area (Å²) in [7, 11) is 0. The first-order valence-electron chi connectivity index (χ1n) is 8.90. The van der Waals surface area contributed by atoms with Gasteiger partial charge in [0.2, 0.25) is 0 Å². The minimum atomic E-state index is 0.804. The van der Waals surface area contributed by atoms with Gasteiger partial charge in [0.1, 0.15) is 0 Å². The Labute approximate surface area is 129 Å². The highest BCUT2D eigenvalue weighted by molar-refractivity contribution is 5.37. The summed E-state index contributed by atoms with van der Waals surface area (Å²) in [5.41, 5.74) is 5.85. The molecule has 0 heterocycles. The quantitative estimate of drug-likeness (QED) is 0.859. The van der Waals surface area contributed by atoms with E-state index in [1.165, 1.54) is 47.9 Å². The lowest BCUT2D eigenvalue weighted by molar-refractivity contribution is -0.0143. The lowest BCUT2D eigenvalue weighted by atomic mass is 9.54. The number of aryl methyl sites for hydroxylation is 3. The summed E-state index contributed by atoms with van der Waals surface area (Å²) < 4.78 is 0. The standard InChI is InChI=1S/C20H29N/c1-12-4-13(2)19(14(3)5-12)11-21-20-17-7-15-6-16(9-17)10-18(20)8-15/h4-5,15-18,20-21H,6-11H2,1-3H3. The normalized spacial score (nSPS) is 37.2. The van der Waals surface area contributed by atoms with Gasteiger partial charge in [0.25, 0.3) is 0 Å². The van der Waals surface area contributed by atoms with Gasteiger partial charge in [-0.2, -0.15) is 0 Å². The highest BCUT2D eigenvalue weighted by Gasteiger charge is 2.47. The summed E-state index contributed by atoms with van der Waals surface area (Å²) in [5, 5.41) is 3.98. The van der Waals surface area contributed by atoms with E-state index in [0.29, 0.717) is 0 Å². The number of rotatable bonds is 3. The molecule has 1 heteroatoms. The zero-order chi connectivity index (χ0) is 14.6. The van der Waals surface area contributed by atoms with E-state index >= 15 is 0 Å². The van der Waals surface area contributed by atoms with Crippen molar-refractivity contribution < 1.29 is 0 Å². The molecule has 4 aliphatic rings. The van der Waals surface area contributed by atoms with Gasteiger partial charge in [0.05, 0.1) is 0 Å². The van der Waals surface area contributed by atoms with Gasteiger partial charge in [-0.25, -0.2) is 0 Å². The Hall–Kier alpha value is -0.820. The lowest BCUT2D eigenvalue weighted by Gasteiger charge is -2.54. The number of benzene rings is 1. The van der Waals surface area contributed by atoms with Crippen LogP contribution in [0.5, 0.6) is 0 Å². The summed E-state index contributed by atoms with van der Waals surface area (Å²) in [6.45, 7) is 7.82. The molecule has 0 unspecified atom stereocenters. The van der Waals surface area contributed by atoms with Gasteiger partial charge in [-0.1, -0.05) is 17.7 Å². The van der Waals surface area contributed by atoms with Crippen LogP contribution in [-0.4, -0.2) is 6.04 Å². The molecule has 0 amide bonds. The Morgan fingerprint density at radius 1 is 0.857 bits per heavy atom. The molecular weight excluding hydrogens is 254 g/mol. The van der Waals surface area contributed by atoms with Gasteiger partial charge in [0, 0.05) is 12.6 Å². The van der Waals surface area contributed by atoms with Crippen molar-refractivity contribution in [3.63, 3.8) is 0 Å². The molecule has 5 rings (SSSR count). The lowest BCUT2D eigenvalue weighted by Crippen LogP contribution is -2.54. The van der Waals surface area contributed by atoms with E-state index < -0.39 is 0 Å². The van der Waals surface area contributed by atoms with Gasteiger partial charge in [0.15, 0.2) is 0 Å². The van der Waals surface area contributed by atoms with Crippen LogP contribution < -0.4 is 5.32 Å².